The average molecular weight is 506 g/mol. The first kappa shape index (κ1) is 25.9. The van der Waals surface area contributed by atoms with E-state index in [0.29, 0.717) is 36.3 Å². The van der Waals surface area contributed by atoms with Crippen molar-refractivity contribution in [3.8, 4) is 5.75 Å². The highest BCUT2D eigenvalue weighted by molar-refractivity contribution is 8.02. The van der Waals surface area contributed by atoms with Gasteiger partial charge in [-0.3, -0.25) is 14.5 Å². The fourth-order valence-electron chi connectivity index (χ4n) is 3.84. The molecule has 0 bridgehead atoms. The number of sulfonamides is 1. The molecule has 34 heavy (non-hydrogen) atoms. The topological polar surface area (TPSA) is 138 Å². The molecule has 1 aliphatic carbocycles. The molecular weight excluding hydrogens is 474 g/mol. The predicted molar refractivity (Wildman–Crippen MR) is 135 cm³/mol. The molecule has 3 rings (SSSR count). The lowest BCUT2D eigenvalue weighted by molar-refractivity contribution is -0.125. The smallest absolute Gasteiger partial charge is 0.264 e. The Morgan fingerprint density at radius 1 is 1.32 bits per heavy atom. The average Bonchev–Trinajstić information content (AvgIpc) is 3.22. The van der Waals surface area contributed by atoms with Crippen molar-refractivity contribution in [2.24, 2.45) is 5.73 Å². The number of amides is 1. The number of ether oxygens (including phenoxy) is 1. The summed E-state index contributed by atoms with van der Waals surface area (Å²) in [6, 6.07) is 0.987. The van der Waals surface area contributed by atoms with Gasteiger partial charge < -0.3 is 15.8 Å². The highest BCUT2D eigenvalue weighted by Crippen LogP contribution is 2.39. The Morgan fingerprint density at radius 2 is 2.06 bits per heavy atom. The van der Waals surface area contributed by atoms with E-state index in [1.165, 1.54) is 19.1 Å². The molecule has 1 aromatic carbocycles. The number of benzene rings is 1. The van der Waals surface area contributed by atoms with Crippen molar-refractivity contribution in [2.75, 3.05) is 13.7 Å². The number of nitrogens with two attached hydrogens (primary N) is 1. The van der Waals surface area contributed by atoms with Crippen LogP contribution in [0.25, 0.3) is 0 Å². The van der Waals surface area contributed by atoms with Crippen LogP contribution in [0.3, 0.4) is 0 Å². The molecule has 0 radical (unpaired) electrons. The molecule has 0 fully saturated rings. The van der Waals surface area contributed by atoms with Crippen LogP contribution in [0.5, 0.6) is 5.75 Å². The molecule has 1 heterocycles. The number of carbonyl (C=O) groups is 1. The molecule has 0 unspecified atom stereocenters. The molecular formula is C23H31N5O4S2. The monoisotopic (exact) mass is 505 g/mol. The van der Waals surface area contributed by atoms with Gasteiger partial charge in [-0.05, 0) is 86.4 Å². The Morgan fingerprint density at radius 3 is 2.74 bits per heavy atom. The third-order valence-electron chi connectivity index (χ3n) is 5.74. The largest absolute Gasteiger partial charge is 0.496 e. The van der Waals surface area contributed by atoms with Gasteiger partial charge in [0.05, 0.1) is 18.0 Å². The lowest BCUT2D eigenvalue weighted by atomic mass is 10.1. The van der Waals surface area contributed by atoms with Gasteiger partial charge in [0, 0.05) is 17.6 Å². The van der Waals surface area contributed by atoms with Crippen molar-refractivity contribution in [3.63, 3.8) is 0 Å². The van der Waals surface area contributed by atoms with Gasteiger partial charge in [0.1, 0.15) is 5.75 Å². The van der Waals surface area contributed by atoms with Crippen LogP contribution in [0.15, 0.2) is 45.9 Å². The van der Waals surface area contributed by atoms with E-state index in [4.69, 9.17) is 15.9 Å². The summed E-state index contributed by atoms with van der Waals surface area (Å²) in [7, 11) is -2.42. The minimum Gasteiger partial charge on any atom is -0.496 e. The Balaban J connectivity index is 1.49. The molecule has 184 valence electrons. The van der Waals surface area contributed by atoms with E-state index in [0.717, 1.165) is 22.5 Å². The van der Waals surface area contributed by atoms with Gasteiger partial charge in [-0.15, -0.1) is 0 Å². The van der Waals surface area contributed by atoms with Crippen LogP contribution < -0.4 is 20.5 Å². The second-order valence-corrected chi connectivity index (χ2v) is 10.8. The Kier molecular flexibility index (Phi) is 8.11. The number of hydrogen-bond donors (Lipinski definition) is 4. The Bertz CT molecular complexity index is 1190. The number of nitrogens with one attached hydrogen (secondary N) is 3. The summed E-state index contributed by atoms with van der Waals surface area (Å²) in [6.45, 7) is 5.49. The summed E-state index contributed by atoms with van der Waals surface area (Å²) in [4.78, 5) is 13.8. The summed E-state index contributed by atoms with van der Waals surface area (Å²) < 4.78 is 34.9. The summed E-state index contributed by atoms with van der Waals surface area (Å²) in [5.41, 5.74) is 9.02. The molecule has 0 aromatic heterocycles. The van der Waals surface area contributed by atoms with Gasteiger partial charge in [-0.25, -0.2) is 13.1 Å². The third kappa shape index (κ3) is 5.65. The van der Waals surface area contributed by atoms with Crippen molar-refractivity contribution in [3.05, 3.63) is 57.7 Å². The number of methoxy groups -OCH3 is 1. The molecule has 9 nitrogen and oxygen atoms in total. The number of rotatable bonds is 8. The van der Waals surface area contributed by atoms with E-state index < -0.39 is 16.1 Å². The Hall–Kier alpha value is -2.76. The number of fused-ring (bicyclic) bond motifs is 1. The fraction of sp³-hybridized carbons (Fsp3) is 0.391. The molecule has 1 aliphatic heterocycles. The van der Waals surface area contributed by atoms with Crippen molar-refractivity contribution in [1.82, 2.24) is 14.3 Å². The van der Waals surface area contributed by atoms with Crippen LogP contribution >= 0.6 is 11.9 Å². The summed E-state index contributed by atoms with van der Waals surface area (Å²) in [6.07, 6.45) is 9.52. The van der Waals surface area contributed by atoms with Gasteiger partial charge in [0.2, 0.25) is 5.96 Å². The van der Waals surface area contributed by atoms with Crippen LogP contribution in [0.2, 0.25) is 0 Å². The van der Waals surface area contributed by atoms with Gasteiger partial charge in [0.25, 0.3) is 15.9 Å². The van der Waals surface area contributed by atoms with Gasteiger partial charge in [-0.2, -0.15) is 0 Å². The second-order valence-electron chi connectivity index (χ2n) is 8.20. The van der Waals surface area contributed by atoms with Crippen LogP contribution in [-0.2, 0) is 14.8 Å². The minimum atomic E-state index is -3.95. The number of guanidine groups is 1. The first-order valence-corrected chi connectivity index (χ1v) is 13.2. The lowest BCUT2D eigenvalue weighted by Crippen LogP contribution is -2.42. The van der Waals surface area contributed by atoms with Crippen molar-refractivity contribution in [1.29, 1.82) is 5.41 Å². The maximum atomic E-state index is 12.9. The van der Waals surface area contributed by atoms with E-state index in [9.17, 15) is 13.2 Å². The molecule has 5 N–H and O–H groups in total. The minimum absolute atomic E-state index is 0.132. The van der Waals surface area contributed by atoms with Crippen molar-refractivity contribution in [2.45, 2.75) is 51.0 Å². The van der Waals surface area contributed by atoms with Gasteiger partial charge >= 0.3 is 0 Å². The van der Waals surface area contributed by atoms with Crippen LogP contribution in [0.4, 0.5) is 0 Å². The molecule has 1 amide bonds. The van der Waals surface area contributed by atoms with Crippen molar-refractivity contribution >= 4 is 33.8 Å². The first-order chi connectivity index (χ1) is 16.0. The molecule has 1 atom stereocenters. The summed E-state index contributed by atoms with van der Waals surface area (Å²) in [5, 5.41) is 10.8. The predicted octanol–water partition coefficient (Wildman–Crippen LogP) is 2.75. The maximum absolute atomic E-state index is 12.9. The fourth-order valence-corrected chi connectivity index (χ4v) is 6.33. The SMILES string of the molecule is COc1cc(C)c(S(=O)(=O)NC(=N)NCCC[C@@H](N)C(=O)N2C=C3CC=CC=C3S2)c(C)c1C. The molecule has 2 aliphatic rings. The molecule has 0 spiro atoms. The van der Waals surface area contributed by atoms with E-state index in [1.807, 2.05) is 24.4 Å². The van der Waals surface area contributed by atoms with E-state index in [2.05, 4.69) is 10.0 Å². The highest BCUT2D eigenvalue weighted by Gasteiger charge is 2.28. The highest BCUT2D eigenvalue weighted by atomic mass is 32.2. The third-order valence-corrected chi connectivity index (χ3v) is 8.45. The standard InChI is InChI=1S/C23H31N5O4S2/c1-14-12-19(32-4)15(2)16(3)21(14)34(30,31)27-23(25)26-11-7-9-18(24)22(29)28-13-17-8-5-6-10-20(17)33-28/h5-6,10,12-13,18H,7-9,11,24H2,1-4H3,(H3,25,26,27)/t18-/m1/s1. The first-order valence-electron chi connectivity index (χ1n) is 10.9. The lowest BCUT2D eigenvalue weighted by Gasteiger charge is -2.19. The second kappa shape index (κ2) is 10.7. The number of carbonyl (C=O) groups excluding carboxylic acids is 1. The molecule has 1 aromatic rings. The Labute approximate surface area is 205 Å². The zero-order valence-electron chi connectivity index (χ0n) is 19.8. The number of aryl methyl sites for hydroxylation is 1. The molecule has 0 saturated heterocycles. The number of allylic oxidation sites excluding steroid dienone is 4. The maximum Gasteiger partial charge on any atom is 0.264 e. The molecule has 11 heteroatoms. The normalized spacial score (nSPS) is 15.9. The van der Waals surface area contributed by atoms with Gasteiger partial charge in [0.15, 0.2) is 0 Å². The van der Waals surface area contributed by atoms with Crippen molar-refractivity contribution < 1.29 is 17.9 Å². The molecule has 0 saturated carbocycles. The van der Waals surface area contributed by atoms with Crippen LogP contribution in [0, 0.1) is 26.2 Å². The summed E-state index contributed by atoms with van der Waals surface area (Å²) >= 11 is 1.37. The zero-order chi connectivity index (χ0) is 25.0. The number of hydrogen-bond acceptors (Lipinski definition) is 7. The van der Waals surface area contributed by atoms with E-state index in [1.54, 1.807) is 31.1 Å². The van der Waals surface area contributed by atoms with Crippen LogP contribution in [0.1, 0.15) is 36.0 Å². The van der Waals surface area contributed by atoms with Gasteiger partial charge in [-0.1, -0.05) is 12.2 Å². The van der Waals surface area contributed by atoms with Crippen LogP contribution in [-0.4, -0.2) is 44.3 Å². The zero-order valence-corrected chi connectivity index (χ0v) is 21.4. The summed E-state index contributed by atoms with van der Waals surface area (Å²) in [5.74, 6) is 0.101. The van der Waals surface area contributed by atoms with E-state index >= 15 is 0 Å². The number of nitrogens with zero attached hydrogens (tertiary/aromatic N) is 1. The quantitative estimate of drug-likeness (QED) is 0.184. The van der Waals surface area contributed by atoms with E-state index in [-0.39, 0.29) is 16.8 Å².